The Morgan fingerprint density at radius 2 is 1.63 bits per heavy atom. The number of hydrogen-bond donors (Lipinski definition) is 9. The Morgan fingerprint density at radius 3 is 2.28 bits per heavy atom. The molecule has 1 saturated heterocycles. The van der Waals surface area contributed by atoms with Crippen LogP contribution in [0.4, 0.5) is 0 Å². The van der Waals surface area contributed by atoms with E-state index in [1.54, 1.807) is 0 Å². The van der Waals surface area contributed by atoms with E-state index in [-0.39, 0.29) is 16.9 Å². The molecule has 3 unspecified atom stereocenters. The van der Waals surface area contributed by atoms with Gasteiger partial charge < -0.3 is 64.6 Å². The van der Waals surface area contributed by atoms with Crippen molar-refractivity contribution in [1.82, 2.24) is 0 Å². The van der Waals surface area contributed by atoms with Crippen LogP contribution < -0.4 is 10.2 Å². The number of esters is 1. The summed E-state index contributed by atoms with van der Waals surface area (Å²) in [5, 5.41) is 89.9. The number of carbonyl (C=O) groups excluding carboxylic acids is 1. The van der Waals surface area contributed by atoms with Crippen molar-refractivity contribution < 1.29 is 74.2 Å². The average molecular weight is 609 g/mol. The van der Waals surface area contributed by atoms with E-state index in [2.05, 4.69) is 0 Å². The van der Waals surface area contributed by atoms with Crippen LogP contribution >= 0.6 is 0 Å². The first-order valence-corrected chi connectivity index (χ1v) is 12.6. The van der Waals surface area contributed by atoms with Gasteiger partial charge in [-0.05, 0) is 25.1 Å². The fraction of sp³-hybridized carbons (Fsp3) is 0.370. The maximum Gasteiger partial charge on any atom is 0.308 e. The molecule has 0 amide bonds. The minimum Gasteiger partial charge on any atom is -0.504 e. The molecule has 1 aliphatic rings. The Bertz CT molecular complexity index is 1590. The van der Waals surface area contributed by atoms with E-state index in [0.29, 0.717) is 0 Å². The predicted molar refractivity (Wildman–Crippen MR) is 140 cm³/mol. The van der Waals surface area contributed by atoms with Crippen LogP contribution in [0.3, 0.4) is 0 Å². The molecule has 9 N–H and O–H groups in total. The molecule has 16 heteroatoms. The summed E-state index contributed by atoms with van der Waals surface area (Å²) in [7, 11) is 0. The molecule has 16 nitrogen and oxygen atoms in total. The van der Waals surface area contributed by atoms with E-state index in [1.807, 2.05) is 0 Å². The molecular weight excluding hydrogens is 580 g/mol. The Labute approximate surface area is 240 Å². The van der Waals surface area contributed by atoms with Gasteiger partial charge in [-0.1, -0.05) is 0 Å². The van der Waals surface area contributed by atoms with Gasteiger partial charge in [0.05, 0.1) is 18.4 Å². The van der Waals surface area contributed by atoms with Crippen LogP contribution in [0.25, 0.3) is 22.3 Å². The summed E-state index contributed by atoms with van der Waals surface area (Å²) < 4.78 is 21.5. The van der Waals surface area contributed by atoms with Crippen LogP contribution in [0.1, 0.15) is 19.8 Å². The minimum atomic E-state index is -1.95. The predicted octanol–water partition coefficient (Wildman–Crippen LogP) is -0.372. The maximum atomic E-state index is 12.7. The van der Waals surface area contributed by atoms with Crippen LogP contribution in [0.5, 0.6) is 28.7 Å². The van der Waals surface area contributed by atoms with E-state index in [4.69, 9.17) is 23.7 Å². The number of rotatable bonds is 9. The fourth-order valence-electron chi connectivity index (χ4n) is 4.38. The van der Waals surface area contributed by atoms with Gasteiger partial charge in [0.15, 0.2) is 28.4 Å². The van der Waals surface area contributed by atoms with Crippen LogP contribution in [0.2, 0.25) is 0 Å². The second kappa shape index (κ2) is 11.9. The van der Waals surface area contributed by atoms with Crippen LogP contribution in [-0.4, -0.2) is 101 Å². The van der Waals surface area contributed by atoms with Gasteiger partial charge in [0, 0.05) is 17.7 Å². The van der Waals surface area contributed by atoms with E-state index in [0.717, 1.165) is 31.2 Å². The number of carboxylic acid groups (broad SMARTS) is 1. The molecule has 1 fully saturated rings. The highest BCUT2D eigenvalue weighted by atomic mass is 16.7. The van der Waals surface area contributed by atoms with Crippen molar-refractivity contribution in [3.8, 4) is 40.1 Å². The zero-order chi connectivity index (χ0) is 31.8. The molecule has 0 aliphatic carbocycles. The number of aliphatic carboxylic acids is 1. The molecule has 3 aromatic rings. The molecule has 0 spiro atoms. The number of aromatic hydroxyl groups is 4. The second-order valence-corrected chi connectivity index (χ2v) is 10.2. The first kappa shape index (κ1) is 31.3. The standard InChI is InChI=1S/C27H28O16/c1-27(39,7-18(31)32)8-19(33)40-9-17-22(35)24(37)25(38)26(43-17)42-16-6-15-20(23(36)21(16)34)13(30)5-14(41-15)10-2-3-11(28)12(29)4-10/h2-6,17,22,24-26,28-29,34-39H,7-9H2,1H3,(H,31,32)/t17?,22-,24+,25?,26-,27?/m1/s1. The van der Waals surface area contributed by atoms with Gasteiger partial charge in [0.1, 0.15) is 47.8 Å². The average Bonchev–Trinajstić information content (AvgIpc) is 2.91. The largest absolute Gasteiger partial charge is 0.504 e. The number of carbonyl (C=O) groups is 2. The SMILES string of the molecule is CC(O)(CC(=O)O)CC(=O)OCC1O[C@@H](Oc2cc3oc(-c4ccc(O)c(O)c4)cc(=O)c3c(O)c2O)C(O)[C@@H](O)[C@@H]1O. The van der Waals surface area contributed by atoms with Gasteiger partial charge in [-0.2, -0.15) is 0 Å². The van der Waals surface area contributed by atoms with Crippen LogP contribution in [0.15, 0.2) is 39.5 Å². The third-order valence-corrected chi connectivity index (χ3v) is 6.57. The number of phenolic OH excluding ortho intramolecular Hbond substituents is 4. The van der Waals surface area contributed by atoms with Crippen LogP contribution in [-0.2, 0) is 19.1 Å². The monoisotopic (exact) mass is 608 g/mol. The lowest BCUT2D eigenvalue weighted by molar-refractivity contribution is -0.278. The van der Waals surface area contributed by atoms with Crippen molar-refractivity contribution in [3.63, 3.8) is 0 Å². The Kier molecular flexibility index (Phi) is 8.70. The third kappa shape index (κ3) is 6.73. The molecule has 43 heavy (non-hydrogen) atoms. The quantitative estimate of drug-likeness (QED) is 0.111. The van der Waals surface area contributed by atoms with Crippen molar-refractivity contribution in [2.45, 2.75) is 56.1 Å². The number of carboxylic acids is 1. The summed E-state index contributed by atoms with van der Waals surface area (Å²) in [5.41, 5.74) is -2.91. The number of phenols is 4. The first-order chi connectivity index (χ1) is 20.1. The molecule has 0 saturated carbocycles. The van der Waals surface area contributed by atoms with Gasteiger partial charge in [-0.25, -0.2) is 0 Å². The highest BCUT2D eigenvalue weighted by Crippen LogP contribution is 2.43. The Hall–Kier alpha value is -4.61. The molecule has 2 heterocycles. The van der Waals surface area contributed by atoms with Gasteiger partial charge in [0.2, 0.25) is 12.0 Å². The van der Waals surface area contributed by atoms with Gasteiger partial charge in [-0.15, -0.1) is 0 Å². The minimum absolute atomic E-state index is 0.111. The molecule has 0 radical (unpaired) electrons. The van der Waals surface area contributed by atoms with Gasteiger partial charge in [0.25, 0.3) is 0 Å². The fourth-order valence-corrected chi connectivity index (χ4v) is 4.38. The highest BCUT2D eigenvalue weighted by molar-refractivity contribution is 5.89. The maximum absolute atomic E-state index is 12.7. The summed E-state index contributed by atoms with van der Waals surface area (Å²) in [4.78, 5) is 35.7. The Balaban J connectivity index is 1.57. The second-order valence-electron chi connectivity index (χ2n) is 10.2. The molecule has 2 aromatic carbocycles. The zero-order valence-electron chi connectivity index (χ0n) is 22.3. The first-order valence-electron chi connectivity index (χ1n) is 12.6. The summed E-state index contributed by atoms with van der Waals surface area (Å²) in [6.07, 6.45) is -10.6. The molecule has 0 bridgehead atoms. The van der Waals surface area contributed by atoms with Crippen molar-refractivity contribution in [1.29, 1.82) is 0 Å². The molecule has 1 aromatic heterocycles. The summed E-state index contributed by atoms with van der Waals surface area (Å²) in [5.74, 6) is -6.02. The van der Waals surface area contributed by atoms with Crippen molar-refractivity contribution in [2.75, 3.05) is 6.61 Å². The lowest BCUT2D eigenvalue weighted by Crippen LogP contribution is -2.60. The molecule has 6 atom stereocenters. The molecular formula is C27H28O16. The third-order valence-electron chi connectivity index (χ3n) is 6.57. The normalized spacial score (nSPS) is 23.4. The van der Waals surface area contributed by atoms with Gasteiger partial charge in [-0.3, -0.25) is 14.4 Å². The molecule has 232 valence electrons. The number of hydrogen-bond acceptors (Lipinski definition) is 15. The lowest BCUT2D eigenvalue weighted by atomic mass is 9.98. The van der Waals surface area contributed by atoms with Crippen molar-refractivity contribution >= 4 is 22.9 Å². The van der Waals surface area contributed by atoms with Gasteiger partial charge >= 0.3 is 11.9 Å². The van der Waals surface area contributed by atoms with E-state index < -0.39 is 107 Å². The van der Waals surface area contributed by atoms with E-state index in [1.165, 1.54) is 6.07 Å². The number of fused-ring (bicyclic) bond motifs is 1. The van der Waals surface area contributed by atoms with Crippen LogP contribution in [0, 0.1) is 0 Å². The number of benzene rings is 2. The lowest BCUT2D eigenvalue weighted by Gasteiger charge is -2.40. The smallest absolute Gasteiger partial charge is 0.308 e. The van der Waals surface area contributed by atoms with E-state index >= 15 is 0 Å². The van der Waals surface area contributed by atoms with Crippen molar-refractivity contribution in [2.24, 2.45) is 0 Å². The summed E-state index contributed by atoms with van der Waals surface area (Å²) in [6, 6.07) is 5.51. The number of aliphatic hydroxyl groups is 4. The van der Waals surface area contributed by atoms with Crippen molar-refractivity contribution in [3.05, 3.63) is 40.6 Å². The van der Waals surface area contributed by atoms with E-state index in [9.17, 15) is 55.2 Å². The molecule has 4 rings (SSSR count). The molecule has 1 aliphatic heterocycles. The Morgan fingerprint density at radius 1 is 0.930 bits per heavy atom. The number of aliphatic hydroxyl groups excluding tert-OH is 3. The zero-order valence-corrected chi connectivity index (χ0v) is 22.3. The summed E-state index contributed by atoms with van der Waals surface area (Å²) >= 11 is 0. The summed E-state index contributed by atoms with van der Waals surface area (Å²) in [6.45, 7) is 0.364. The highest BCUT2D eigenvalue weighted by Gasteiger charge is 2.46. The topological polar surface area (TPSA) is 274 Å². The number of ether oxygens (including phenoxy) is 3.